The van der Waals surface area contributed by atoms with Crippen molar-refractivity contribution in [3.05, 3.63) is 97.2 Å². The first-order valence-corrected chi connectivity index (χ1v) is 11.9. The lowest BCUT2D eigenvalue weighted by Gasteiger charge is -2.22. The number of hydrogen-bond acceptors (Lipinski definition) is 3. The van der Waals surface area contributed by atoms with Gasteiger partial charge in [-0.15, -0.1) is 0 Å². The first kappa shape index (κ1) is 21.9. The second-order valence-corrected chi connectivity index (χ2v) is 8.75. The predicted octanol–water partition coefficient (Wildman–Crippen LogP) is 7.44. The molecule has 2 heterocycles. The fourth-order valence-corrected chi connectivity index (χ4v) is 4.80. The lowest BCUT2D eigenvalue weighted by Crippen LogP contribution is -2.23. The Morgan fingerprint density at radius 1 is 0.853 bits per heavy atom. The Kier molecular flexibility index (Phi) is 6.13. The van der Waals surface area contributed by atoms with Crippen LogP contribution in [-0.2, 0) is 4.79 Å². The number of pyridine rings is 1. The molecule has 0 aliphatic rings. The van der Waals surface area contributed by atoms with Crippen molar-refractivity contribution in [1.29, 1.82) is 0 Å². The molecule has 0 saturated heterocycles. The number of nitrogens with zero attached hydrogens (tertiary/aromatic N) is 2. The molecule has 2 aromatic heterocycles. The van der Waals surface area contributed by atoms with Gasteiger partial charge in [-0.3, -0.25) is 9.78 Å². The van der Waals surface area contributed by atoms with Crippen molar-refractivity contribution < 1.29 is 9.53 Å². The van der Waals surface area contributed by atoms with Crippen LogP contribution in [0, 0.1) is 5.92 Å². The molecule has 3 aromatic carbocycles. The van der Waals surface area contributed by atoms with E-state index in [-0.39, 0.29) is 17.9 Å². The minimum atomic E-state index is -0.189. The van der Waals surface area contributed by atoms with E-state index in [9.17, 15) is 4.79 Å². The summed E-state index contributed by atoms with van der Waals surface area (Å²) in [6.07, 6.45) is 3.21. The van der Waals surface area contributed by atoms with Gasteiger partial charge in [-0.05, 0) is 68.3 Å². The average molecular weight is 449 g/mol. The van der Waals surface area contributed by atoms with Gasteiger partial charge in [-0.2, -0.15) is 0 Å². The molecule has 0 saturated carbocycles. The number of esters is 1. The average Bonchev–Trinajstić information content (AvgIpc) is 3.22. The van der Waals surface area contributed by atoms with Crippen LogP contribution in [0.2, 0.25) is 0 Å². The normalized spacial score (nSPS) is 13.1. The topological polar surface area (TPSA) is 44.1 Å². The number of para-hydroxylation sites is 2. The van der Waals surface area contributed by atoms with E-state index < -0.39 is 0 Å². The highest BCUT2D eigenvalue weighted by atomic mass is 16.5. The number of benzene rings is 3. The summed E-state index contributed by atoms with van der Waals surface area (Å²) >= 11 is 0. The number of ether oxygens (including phenoxy) is 1. The summed E-state index contributed by atoms with van der Waals surface area (Å²) in [5.41, 5.74) is 4.29. The zero-order valence-electron chi connectivity index (χ0n) is 19.5. The molecular weight excluding hydrogens is 420 g/mol. The van der Waals surface area contributed by atoms with E-state index in [1.807, 2.05) is 42.5 Å². The Balaban J connectivity index is 1.34. The lowest BCUT2D eigenvalue weighted by molar-refractivity contribution is -0.139. The van der Waals surface area contributed by atoms with Crippen LogP contribution in [0.15, 0.2) is 97.2 Å². The summed E-state index contributed by atoms with van der Waals surface area (Å²) in [6.45, 7) is 4.24. The van der Waals surface area contributed by atoms with Crippen LogP contribution in [0.5, 0.6) is 5.75 Å². The molecule has 0 aliphatic carbocycles. The second-order valence-electron chi connectivity index (χ2n) is 8.75. The van der Waals surface area contributed by atoms with E-state index in [1.54, 1.807) is 6.20 Å². The van der Waals surface area contributed by atoms with Crippen LogP contribution in [0.3, 0.4) is 0 Å². The van der Waals surface area contributed by atoms with Crippen molar-refractivity contribution in [2.24, 2.45) is 5.92 Å². The van der Waals surface area contributed by atoms with Gasteiger partial charge >= 0.3 is 5.97 Å². The predicted molar refractivity (Wildman–Crippen MR) is 138 cm³/mol. The highest BCUT2D eigenvalue weighted by Gasteiger charge is 2.24. The SMILES string of the molecule is CCC(CC(C)n1c2ccccc2c2ccccc21)C(=O)Oc1ccc(-c2ccccn2)cc1. The summed E-state index contributed by atoms with van der Waals surface area (Å²) in [5.74, 6) is 0.193. The molecule has 4 heteroatoms. The van der Waals surface area contributed by atoms with Crippen LogP contribution in [0.25, 0.3) is 33.1 Å². The van der Waals surface area contributed by atoms with Crippen LogP contribution < -0.4 is 4.74 Å². The largest absolute Gasteiger partial charge is 0.426 e. The van der Waals surface area contributed by atoms with Gasteiger partial charge in [0, 0.05) is 39.6 Å². The van der Waals surface area contributed by atoms with Crippen LogP contribution in [0.1, 0.15) is 32.7 Å². The van der Waals surface area contributed by atoms with Crippen LogP contribution in [0.4, 0.5) is 0 Å². The molecule has 170 valence electrons. The Bertz CT molecular complexity index is 1370. The van der Waals surface area contributed by atoms with Gasteiger partial charge < -0.3 is 9.30 Å². The fourth-order valence-electron chi connectivity index (χ4n) is 4.80. The van der Waals surface area contributed by atoms with Gasteiger partial charge in [0.1, 0.15) is 5.75 Å². The maximum absolute atomic E-state index is 13.1. The van der Waals surface area contributed by atoms with Gasteiger partial charge in [-0.1, -0.05) is 49.4 Å². The van der Waals surface area contributed by atoms with E-state index in [1.165, 1.54) is 21.8 Å². The molecule has 0 fully saturated rings. The van der Waals surface area contributed by atoms with E-state index >= 15 is 0 Å². The molecule has 2 unspecified atom stereocenters. The molecule has 0 N–H and O–H groups in total. The van der Waals surface area contributed by atoms with Crippen molar-refractivity contribution in [2.45, 2.75) is 32.7 Å². The number of rotatable bonds is 7. The number of carbonyl (C=O) groups excluding carboxylic acids is 1. The van der Waals surface area contributed by atoms with Crippen molar-refractivity contribution in [1.82, 2.24) is 9.55 Å². The van der Waals surface area contributed by atoms with E-state index in [0.717, 1.165) is 17.7 Å². The third kappa shape index (κ3) is 4.19. The Labute approximate surface area is 199 Å². The third-order valence-electron chi connectivity index (χ3n) is 6.54. The highest BCUT2D eigenvalue weighted by molar-refractivity contribution is 6.08. The van der Waals surface area contributed by atoms with Crippen molar-refractivity contribution >= 4 is 27.8 Å². The molecule has 5 rings (SSSR count). The zero-order chi connectivity index (χ0) is 23.5. The third-order valence-corrected chi connectivity index (χ3v) is 6.54. The molecule has 5 aromatic rings. The highest BCUT2D eigenvalue weighted by Crippen LogP contribution is 2.34. The quantitative estimate of drug-likeness (QED) is 0.192. The summed E-state index contributed by atoms with van der Waals surface area (Å²) in [4.78, 5) is 17.5. The van der Waals surface area contributed by atoms with Crippen molar-refractivity contribution in [3.8, 4) is 17.0 Å². The van der Waals surface area contributed by atoms with Crippen LogP contribution in [-0.4, -0.2) is 15.5 Å². The summed E-state index contributed by atoms with van der Waals surface area (Å²) < 4.78 is 8.15. The maximum atomic E-state index is 13.1. The smallest absolute Gasteiger partial charge is 0.314 e. The Morgan fingerprint density at radius 2 is 1.47 bits per heavy atom. The molecule has 0 spiro atoms. The van der Waals surface area contributed by atoms with Crippen molar-refractivity contribution in [2.75, 3.05) is 0 Å². The minimum Gasteiger partial charge on any atom is -0.426 e. The zero-order valence-corrected chi connectivity index (χ0v) is 19.5. The number of fused-ring (bicyclic) bond motifs is 3. The van der Waals surface area contributed by atoms with Gasteiger partial charge in [0.25, 0.3) is 0 Å². The Morgan fingerprint density at radius 3 is 2.06 bits per heavy atom. The summed E-state index contributed by atoms with van der Waals surface area (Å²) in [6, 6.07) is 30.5. The Hall–Kier alpha value is -3.92. The molecule has 34 heavy (non-hydrogen) atoms. The molecule has 4 nitrogen and oxygen atoms in total. The molecule has 0 aliphatic heterocycles. The molecule has 2 atom stereocenters. The summed E-state index contributed by atoms with van der Waals surface area (Å²) in [7, 11) is 0. The maximum Gasteiger partial charge on any atom is 0.314 e. The van der Waals surface area contributed by atoms with Crippen LogP contribution >= 0.6 is 0 Å². The van der Waals surface area contributed by atoms with E-state index in [0.29, 0.717) is 12.2 Å². The van der Waals surface area contributed by atoms with Gasteiger partial charge in [0.15, 0.2) is 0 Å². The minimum absolute atomic E-state index is 0.147. The first-order chi connectivity index (χ1) is 16.7. The monoisotopic (exact) mass is 448 g/mol. The lowest BCUT2D eigenvalue weighted by atomic mass is 9.97. The molecular formula is C30H28N2O2. The van der Waals surface area contributed by atoms with Crippen molar-refractivity contribution in [3.63, 3.8) is 0 Å². The molecule has 0 amide bonds. The van der Waals surface area contributed by atoms with Gasteiger partial charge in [-0.25, -0.2) is 0 Å². The second kappa shape index (κ2) is 9.52. The van der Waals surface area contributed by atoms with Gasteiger partial charge in [0.2, 0.25) is 0 Å². The fraction of sp³-hybridized carbons (Fsp3) is 0.200. The summed E-state index contributed by atoms with van der Waals surface area (Å²) in [5, 5.41) is 2.49. The standard InChI is InChI=1S/C30H28N2O2/c1-3-22(30(33)34-24-17-15-23(16-18-24)27-12-8-9-19-31-27)20-21(2)32-28-13-6-4-10-25(28)26-11-5-7-14-29(26)32/h4-19,21-22H,3,20H2,1-2H3. The van der Waals surface area contributed by atoms with Gasteiger partial charge in [0.05, 0.1) is 11.6 Å². The molecule has 0 bridgehead atoms. The first-order valence-electron chi connectivity index (χ1n) is 11.9. The number of aromatic nitrogens is 2. The van der Waals surface area contributed by atoms with E-state index in [4.69, 9.17) is 4.74 Å². The molecule has 0 radical (unpaired) electrons. The number of carbonyl (C=O) groups is 1. The number of hydrogen-bond donors (Lipinski definition) is 0. The van der Waals surface area contributed by atoms with E-state index in [2.05, 4.69) is 71.9 Å².